The van der Waals surface area contributed by atoms with Crippen LogP contribution in [0, 0.1) is 0 Å². The first kappa shape index (κ1) is 18.3. The largest absolute Gasteiger partial charge is 0.494 e. The molecule has 0 heterocycles. The van der Waals surface area contributed by atoms with Gasteiger partial charge in [-0.25, -0.2) is 0 Å². The summed E-state index contributed by atoms with van der Waals surface area (Å²) in [5.41, 5.74) is 2.16. The fraction of sp³-hybridized carbons (Fsp3) is 0.200. The maximum atomic E-state index is 12.0. The Hall–Kier alpha value is -3.08. The number of ether oxygens (including phenoxy) is 1. The molecule has 0 aliphatic heterocycles. The van der Waals surface area contributed by atoms with Crippen molar-refractivity contribution in [1.82, 2.24) is 0 Å². The Balaban J connectivity index is 1.93. The Bertz CT molecular complexity index is 752. The maximum Gasteiger partial charge on any atom is 0.248 e. The smallest absolute Gasteiger partial charge is 0.248 e. The number of carbonyl (C=O) groups is 2. The average molecular weight is 338 g/mol. The van der Waals surface area contributed by atoms with Crippen molar-refractivity contribution in [3.63, 3.8) is 0 Å². The molecule has 5 heteroatoms. The molecule has 0 aromatic heterocycles. The lowest BCUT2D eigenvalue weighted by Crippen LogP contribution is -2.09. The number of rotatable bonds is 7. The molecule has 2 amide bonds. The summed E-state index contributed by atoms with van der Waals surface area (Å²) in [5, 5.41) is 5.44. The standard InChI is InChI=1S/C20H22N2O3/c1-3-13-25-19-10-7-16(8-11-19)9-12-20(24)22-18-6-4-5-17(14-18)21-15(2)23/h4-12,14H,3,13H2,1-2H3,(H,21,23)(H,22,24)/b12-9+. The number of benzene rings is 2. The van der Waals surface area contributed by atoms with E-state index in [4.69, 9.17) is 4.74 Å². The molecular weight excluding hydrogens is 316 g/mol. The van der Waals surface area contributed by atoms with Gasteiger partial charge in [-0.15, -0.1) is 0 Å². The highest BCUT2D eigenvalue weighted by Crippen LogP contribution is 2.16. The molecule has 2 rings (SSSR count). The second kappa shape index (κ2) is 9.27. The summed E-state index contributed by atoms with van der Waals surface area (Å²) in [6.07, 6.45) is 4.16. The van der Waals surface area contributed by atoms with Gasteiger partial charge in [-0.05, 0) is 48.4 Å². The molecule has 0 saturated heterocycles. The molecule has 0 unspecified atom stereocenters. The van der Waals surface area contributed by atoms with E-state index in [1.165, 1.54) is 13.0 Å². The summed E-state index contributed by atoms with van der Waals surface area (Å²) in [4.78, 5) is 23.1. The quantitative estimate of drug-likeness (QED) is 0.747. The second-order valence-corrected chi connectivity index (χ2v) is 5.50. The van der Waals surface area contributed by atoms with E-state index in [1.807, 2.05) is 24.3 Å². The minimum atomic E-state index is -0.244. The summed E-state index contributed by atoms with van der Waals surface area (Å²) in [7, 11) is 0. The fourth-order valence-electron chi connectivity index (χ4n) is 2.13. The summed E-state index contributed by atoms with van der Waals surface area (Å²) >= 11 is 0. The van der Waals surface area contributed by atoms with Crippen LogP contribution in [0.5, 0.6) is 5.75 Å². The van der Waals surface area contributed by atoms with Crippen molar-refractivity contribution in [3.8, 4) is 5.75 Å². The molecule has 25 heavy (non-hydrogen) atoms. The number of hydrogen-bond acceptors (Lipinski definition) is 3. The molecule has 0 radical (unpaired) electrons. The number of carbonyl (C=O) groups excluding carboxylic acids is 2. The van der Waals surface area contributed by atoms with Crippen LogP contribution in [0.15, 0.2) is 54.6 Å². The normalized spacial score (nSPS) is 10.5. The molecule has 5 nitrogen and oxygen atoms in total. The number of nitrogens with one attached hydrogen (secondary N) is 2. The predicted molar refractivity (Wildman–Crippen MR) is 101 cm³/mol. The Labute approximate surface area is 147 Å². The van der Waals surface area contributed by atoms with Gasteiger partial charge in [-0.2, -0.15) is 0 Å². The van der Waals surface area contributed by atoms with Crippen LogP contribution in [0.3, 0.4) is 0 Å². The third-order valence-electron chi connectivity index (χ3n) is 3.23. The van der Waals surface area contributed by atoms with Gasteiger partial charge in [-0.3, -0.25) is 9.59 Å². The van der Waals surface area contributed by atoms with E-state index in [0.29, 0.717) is 18.0 Å². The van der Waals surface area contributed by atoms with Gasteiger partial charge in [-0.1, -0.05) is 25.1 Å². The Morgan fingerprint density at radius 3 is 2.36 bits per heavy atom. The monoisotopic (exact) mass is 338 g/mol. The lowest BCUT2D eigenvalue weighted by Gasteiger charge is -2.06. The van der Waals surface area contributed by atoms with Gasteiger partial charge in [0.25, 0.3) is 0 Å². The average Bonchev–Trinajstić information content (AvgIpc) is 2.59. The summed E-state index contributed by atoms with van der Waals surface area (Å²) in [6, 6.07) is 14.5. The lowest BCUT2D eigenvalue weighted by molar-refractivity contribution is -0.114. The van der Waals surface area contributed by atoms with Crippen molar-refractivity contribution in [2.75, 3.05) is 17.2 Å². The zero-order valence-electron chi connectivity index (χ0n) is 14.4. The van der Waals surface area contributed by atoms with Crippen LogP contribution in [-0.2, 0) is 9.59 Å². The summed E-state index contributed by atoms with van der Waals surface area (Å²) < 4.78 is 5.52. The zero-order chi connectivity index (χ0) is 18.1. The molecule has 0 bridgehead atoms. The van der Waals surface area contributed by atoms with Gasteiger partial charge in [0, 0.05) is 24.4 Å². The van der Waals surface area contributed by atoms with Crippen LogP contribution in [0.2, 0.25) is 0 Å². The third-order valence-corrected chi connectivity index (χ3v) is 3.23. The van der Waals surface area contributed by atoms with Gasteiger partial charge < -0.3 is 15.4 Å². The molecule has 0 saturated carbocycles. The van der Waals surface area contributed by atoms with Crippen LogP contribution in [-0.4, -0.2) is 18.4 Å². The van der Waals surface area contributed by atoms with Crippen molar-refractivity contribution in [3.05, 3.63) is 60.2 Å². The summed E-state index contributed by atoms with van der Waals surface area (Å²) in [6.45, 7) is 4.18. The van der Waals surface area contributed by atoms with Crippen molar-refractivity contribution in [2.45, 2.75) is 20.3 Å². The first-order valence-electron chi connectivity index (χ1n) is 8.16. The predicted octanol–water partition coefficient (Wildman–Crippen LogP) is 4.09. The van der Waals surface area contributed by atoms with Crippen LogP contribution >= 0.6 is 0 Å². The highest BCUT2D eigenvalue weighted by atomic mass is 16.5. The van der Waals surface area contributed by atoms with Crippen LogP contribution < -0.4 is 15.4 Å². The van der Waals surface area contributed by atoms with E-state index in [9.17, 15) is 9.59 Å². The van der Waals surface area contributed by atoms with E-state index >= 15 is 0 Å². The van der Waals surface area contributed by atoms with Crippen LogP contribution in [0.25, 0.3) is 6.08 Å². The number of amides is 2. The lowest BCUT2D eigenvalue weighted by atomic mass is 10.2. The van der Waals surface area contributed by atoms with Crippen LogP contribution in [0.4, 0.5) is 11.4 Å². The molecule has 2 aromatic carbocycles. The van der Waals surface area contributed by atoms with E-state index in [1.54, 1.807) is 30.3 Å². The van der Waals surface area contributed by atoms with Crippen LogP contribution in [0.1, 0.15) is 25.8 Å². The van der Waals surface area contributed by atoms with E-state index in [0.717, 1.165) is 17.7 Å². The van der Waals surface area contributed by atoms with Gasteiger partial charge in [0.05, 0.1) is 6.61 Å². The van der Waals surface area contributed by atoms with Gasteiger partial charge in [0.15, 0.2) is 0 Å². The second-order valence-electron chi connectivity index (χ2n) is 5.50. The van der Waals surface area contributed by atoms with Gasteiger partial charge in [0.2, 0.25) is 11.8 Å². The SMILES string of the molecule is CCCOc1ccc(/C=C/C(=O)Nc2cccc(NC(C)=O)c2)cc1. The molecule has 0 aliphatic carbocycles. The molecule has 130 valence electrons. The first-order chi connectivity index (χ1) is 12.1. The Morgan fingerprint density at radius 2 is 1.72 bits per heavy atom. The molecule has 0 atom stereocenters. The highest BCUT2D eigenvalue weighted by molar-refractivity contribution is 6.02. The zero-order valence-corrected chi connectivity index (χ0v) is 14.4. The van der Waals surface area contributed by atoms with E-state index < -0.39 is 0 Å². The summed E-state index contributed by atoms with van der Waals surface area (Å²) in [5.74, 6) is 0.416. The molecule has 0 aliphatic rings. The van der Waals surface area contributed by atoms with E-state index in [2.05, 4.69) is 17.6 Å². The van der Waals surface area contributed by atoms with Gasteiger partial charge >= 0.3 is 0 Å². The molecular formula is C20H22N2O3. The van der Waals surface area contributed by atoms with Crippen molar-refractivity contribution in [1.29, 1.82) is 0 Å². The third kappa shape index (κ3) is 6.51. The minimum absolute atomic E-state index is 0.158. The number of anilines is 2. The Kier molecular flexibility index (Phi) is 6.77. The van der Waals surface area contributed by atoms with Crippen molar-refractivity contribution >= 4 is 29.3 Å². The first-order valence-corrected chi connectivity index (χ1v) is 8.16. The van der Waals surface area contributed by atoms with Crippen molar-refractivity contribution in [2.24, 2.45) is 0 Å². The highest BCUT2D eigenvalue weighted by Gasteiger charge is 2.01. The maximum absolute atomic E-state index is 12.0. The molecule has 0 spiro atoms. The topological polar surface area (TPSA) is 67.4 Å². The molecule has 2 aromatic rings. The minimum Gasteiger partial charge on any atom is -0.494 e. The molecule has 2 N–H and O–H groups in total. The number of hydrogen-bond donors (Lipinski definition) is 2. The Morgan fingerprint density at radius 1 is 1.04 bits per heavy atom. The fourth-order valence-corrected chi connectivity index (χ4v) is 2.13. The van der Waals surface area contributed by atoms with Crippen molar-refractivity contribution < 1.29 is 14.3 Å². The van der Waals surface area contributed by atoms with Gasteiger partial charge in [0.1, 0.15) is 5.75 Å². The van der Waals surface area contributed by atoms with E-state index in [-0.39, 0.29) is 11.8 Å². The molecule has 0 fully saturated rings.